The van der Waals surface area contributed by atoms with Crippen LogP contribution in [-0.4, -0.2) is 27.2 Å². The molecule has 1 aromatic heterocycles. The second-order valence-electron chi connectivity index (χ2n) is 4.14. The van der Waals surface area contributed by atoms with Gasteiger partial charge in [-0.3, -0.25) is 9.78 Å². The highest BCUT2D eigenvalue weighted by molar-refractivity contribution is 6.35. The van der Waals surface area contributed by atoms with Crippen molar-refractivity contribution in [2.75, 3.05) is 6.54 Å². The molecule has 0 aliphatic rings. The van der Waals surface area contributed by atoms with E-state index < -0.39 is 11.6 Å². The highest BCUT2D eigenvalue weighted by atomic mass is 35.5. The molecule has 0 spiro atoms. The van der Waals surface area contributed by atoms with Crippen molar-refractivity contribution in [3.05, 3.63) is 50.1 Å². The molecule has 0 saturated carbocycles. The first-order chi connectivity index (χ1) is 9.47. The Morgan fingerprint density at radius 2 is 2.20 bits per heavy atom. The maximum absolute atomic E-state index is 11.7. The fraction of sp³-hybridized carbons (Fsp3) is 0.250. The molecule has 0 fully saturated rings. The standard InChI is InChI=1S/C12H12Cl2N4O2/c1-18-12(20)16-10(17-18)11(19)15-5-4-7-2-3-8(13)6-9(7)14/h2-3,6H,4-5H2,1H3,(H,15,19)(H,16,17,20). The van der Waals surface area contributed by atoms with Gasteiger partial charge in [-0.05, 0) is 24.1 Å². The number of H-pyrrole nitrogens is 1. The number of carbonyl (C=O) groups is 1. The van der Waals surface area contributed by atoms with Crippen LogP contribution >= 0.6 is 23.2 Å². The van der Waals surface area contributed by atoms with Crippen LogP contribution in [0.1, 0.15) is 16.2 Å². The summed E-state index contributed by atoms with van der Waals surface area (Å²) >= 11 is 11.8. The number of halogens is 2. The van der Waals surface area contributed by atoms with Gasteiger partial charge >= 0.3 is 5.69 Å². The van der Waals surface area contributed by atoms with Gasteiger partial charge in [-0.25, -0.2) is 9.48 Å². The van der Waals surface area contributed by atoms with Crippen molar-refractivity contribution in [1.82, 2.24) is 20.1 Å². The number of nitrogens with zero attached hydrogens (tertiary/aromatic N) is 2. The Labute approximate surface area is 124 Å². The van der Waals surface area contributed by atoms with E-state index >= 15 is 0 Å². The van der Waals surface area contributed by atoms with Crippen molar-refractivity contribution in [3.63, 3.8) is 0 Å². The van der Waals surface area contributed by atoms with Crippen LogP contribution in [0.25, 0.3) is 0 Å². The number of aromatic nitrogens is 3. The van der Waals surface area contributed by atoms with Gasteiger partial charge in [0, 0.05) is 23.6 Å². The molecule has 8 heteroatoms. The fourth-order valence-corrected chi connectivity index (χ4v) is 2.13. The van der Waals surface area contributed by atoms with E-state index in [9.17, 15) is 9.59 Å². The lowest BCUT2D eigenvalue weighted by molar-refractivity contribution is 0.0943. The molecular weight excluding hydrogens is 303 g/mol. The number of amides is 1. The fourth-order valence-electron chi connectivity index (χ4n) is 1.62. The third-order valence-electron chi connectivity index (χ3n) is 2.68. The van der Waals surface area contributed by atoms with Crippen LogP contribution in [-0.2, 0) is 13.5 Å². The molecule has 6 nitrogen and oxygen atoms in total. The Balaban J connectivity index is 1.92. The number of benzene rings is 1. The van der Waals surface area contributed by atoms with E-state index in [4.69, 9.17) is 23.2 Å². The molecule has 0 aliphatic carbocycles. The lowest BCUT2D eigenvalue weighted by atomic mass is 10.1. The summed E-state index contributed by atoms with van der Waals surface area (Å²) in [7, 11) is 1.46. The second-order valence-corrected chi connectivity index (χ2v) is 4.99. The van der Waals surface area contributed by atoms with Gasteiger partial charge in [-0.2, -0.15) is 0 Å². The largest absolute Gasteiger partial charge is 0.349 e. The third kappa shape index (κ3) is 3.40. The van der Waals surface area contributed by atoms with Crippen LogP contribution in [0, 0.1) is 0 Å². The monoisotopic (exact) mass is 314 g/mol. The van der Waals surface area contributed by atoms with Crippen molar-refractivity contribution in [1.29, 1.82) is 0 Å². The number of aryl methyl sites for hydroxylation is 1. The molecule has 1 amide bonds. The summed E-state index contributed by atoms with van der Waals surface area (Å²) in [6.07, 6.45) is 0.554. The topological polar surface area (TPSA) is 79.8 Å². The van der Waals surface area contributed by atoms with Crippen molar-refractivity contribution < 1.29 is 4.79 Å². The quantitative estimate of drug-likeness (QED) is 0.895. The molecule has 106 valence electrons. The number of carbonyl (C=O) groups excluding carboxylic acids is 1. The number of rotatable bonds is 4. The van der Waals surface area contributed by atoms with E-state index in [-0.39, 0.29) is 5.82 Å². The first-order valence-electron chi connectivity index (χ1n) is 5.83. The minimum atomic E-state index is -0.437. The summed E-state index contributed by atoms with van der Waals surface area (Å²) in [4.78, 5) is 25.2. The Hall–Kier alpha value is -1.79. The summed E-state index contributed by atoms with van der Waals surface area (Å²) in [5, 5.41) is 7.53. The van der Waals surface area contributed by atoms with Gasteiger partial charge < -0.3 is 5.32 Å². The number of nitrogens with one attached hydrogen (secondary N) is 2. The second kappa shape index (κ2) is 6.11. The van der Waals surface area contributed by atoms with Crippen LogP contribution < -0.4 is 11.0 Å². The van der Waals surface area contributed by atoms with E-state index in [0.29, 0.717) is 23.0 Å². The summed E-state index contributed by atoms with van der Waals surface area (Å²) < 4.78 is 1.06. The third-order valence-corrected chi connectivity index (χ3v) is 3.27. The van der Waals surface area contributed by atoms with E-state index in [2.05, 4.69) is 15.4 Å². The van der Waals surface area contributed by atoms with Crippen molar-refractivity contribution in [2.24, 2.45) is 7.05 Å². The van der Waals surface area contributed by atoms with Crippen LogP contribution in [0.4, 0.5) is 0 Å². The van der Waals surface area contributed by atoms with Gasteiger partial charge in [0.25, 0.3) is 5.91 Å². The summed E-state index contributed by atoms with van der Waals surface area (Å²) in [6, 6.07) is 5.19. The average Bonchev–Trinajstić information content (AvgIpc) is 2.72. The van der Waals surface area contributed by atoms with Gasteiger partial charge in [-0.15, -0.1) is 5.10 Å². The molecule has 0 atom stereocenters. The van der Waals surface area contributed by atoms with Gasteiger partial charge in [0.2, 0.25) is 5.82 Å². The first-order valence-corrected chi connectivity index (χ1v) is 6.58. The summed E-state index contributed by atoms with van der Waals surface area (Å²) in [5.41, 5.74) is 0.446. The van der Waals surface area contributed by atoms with Crippen molar-refractivity contribution >= 4 is 29.1 Å². The SMILES string of the molecule is Cn1nc(C(=O)NCCc2ccc(Cl)cc2Cl)[nH]c1=O. The van der Waals surface area contributed by atoms with Crippen molar-refractivity contribution in [2.45, 2.75) is 6.42 Å². The molecule has 2 rings (SSSR count). The maximum Gasteiger partial charge on any atom is 0.343 e. The highest BCUT2D eigenvalue weighted by Crippen LogP contribution is 2.20. The van der Waals surface area contributed by atoms with E-state index in [1.54, 1.807) is 18.2 Å². The van der Waals surface area contributed by atoms with E-state index in [1.165, 1.54) is 7.05 Å². The Morgan fingerprint density at radius 3 is 2.80 bits per heavy atom. The summed E-state index contributed by atoms with van der Waals surface area (Å²) in [6.45, 7) is 0.374. The zero-order chi connectivity index (χ0) is 14.7. The van der Waals surface area contributed by atoms with Gasteiger partial charge in [0.05, 0.1) is 0 Å². The van der Waals surface area contributed by atoms with Crippen molar-refractivity contribution in [3.8, 4) is 0 Å². The normalized spacial score (nSPS) is 10.6. The molecular formula is C12H12Cl2N4O2. The molecule has 1 aromatic carbocycles. The summed E-state index contributed by atoms with van der Waals surface area (Å²) in [5.74, 6) is -0.451. The molecule has 0 bridgehead atoms. The van der Waals surface area contributed by atoms with Gasteiger partial charge in [0.1, 0.15) is 0 Å². The molecule has 2 N–H and O–H groups in total. The predicted molar refractivity (Wildman–Crippen MR) is 76.3 cm³/mol. The first kappa shape index (κ1) is 14.6. The zero-order valence-electron chi connectivity index (χ0n) is 10.6. The molecule has 2 aromatic rings. The molecule has 0 saturated heterocycles. The van der Waals surface area contributed by atoms with E-state index in [0.717, 1.165) is 10.2 Å². The van der Waals surface area contributed by atoms with Gasteiger partial charge in [0.15, 0.2) is 0 Å². The van der Waals surface area contributed by atoms with Crippen LogP contribution in [0.3, 0.4) is 0 Å². The lowest BCUT2D eigenvalue weighted by Crippen LogP contribution is -2.27. The van der Waals surface area contributed by atoms with Crippen LogP contribution in [0.5, 0.6) is 0 Å². The predicted octanol–water partition coefficient (Wildman–Crippen LogP) is 1.39. The molecule has 0 radical (unpaired) electrons. The Kier molecular flexibility index (Phi) is 4.46. The smallest absolute Gasteiger partial charge is 0.343 e. The van der Waals surface area contributed by atoms with Gasteiger partial charge in [-0.1, -0.05) is 29.3 Å². The average molecular weight is 315 g/mol. The minimum absolute atomic E-state index is 0.0142. The highest BCUT2D eigenvalue weighted by Gasteiger charge is 2.11. The Bertz CT molecular complexity index is 693. The maximum atomic E-state index is 11.7. The van der Waals surface area contributed by atoms with Crippen LogP contribution in [0.2, 0.25) is 10.0 Å². The molecule has 0 aliphatic heterocycles. The Morgan fingerprint density at radius 1 is 1.45 bits per heavy atom. The molecule has 0 unspecified atom stereocenters. The molecule has 20 heavy (non-hydrogen) atoms. The lowest BCUT2D eigenvalue weighted by Gasteiger charge is -2.05. The number of hydrogen-bond acceptors (Lipinski definition) is 3. The molecule has 1 heterocycles. The zero-order valence-corrected chi connectivity index (χ0v) is 12.1. The minimum Gasteiger partial charge on any atom is -0.349 e. The number of hydrogen-bond donors (Lipinski definition) is 2. The van der Waals surface area contributed by atoms with E-state index in [1.807, 2.05) is 0 Å². The number of aromatic amines is 1. The van der Waals surface area contributed by atoms with Crippen LogP contribution in [0.15, 0.2) is 23.0 Å².